The average molecular weight is 698 g/mol. The van der Waals surface area contributed by atoms with E-state index in [1.165, 1.54) is 0 Å². The fraction of sp³-hybridized carbons (Fsp3) is 0. The average Bonchev–Trinajstić information content (AvgIpc) is 3.79. The molecule has 256 valence electrons. The minimum Gasteiger partial charge on any atom is -0.504 e. The second-order valence-corrected chi connectivity index (χ2v) is 13.2. The summed E-state index contributed by atoms with van der Waals surface area (Å²) in [4.78, 5) is 10.0. The molecule has 0 aliphatic rings. The molecule has 7 aromatic carbocycles. The number of nitrogens with zero attached hydrogens (tertiary/aromatic N) is 3. The molecule has 0 radical (unpaired) electrons. The van der Waals surface area contributed by atoms with Crippen LogP contribution in [0.4, 0.5) is 0 Å². The Bertz CT molecular complexity index is 2970. The number of para-hydroxylation sites is 3. The Labute approximate surface area is 310 Å². The third-order valence-electron chi connectivity index (χ3n) is 9.84. The van der Waals surface area contributed by atoms with Gasteiger partial charge in [0.15, 0.2) is 11.5 Å². The van der Waals surface area contributed by atoms with Gasteiger partial charge in [0.05, 0.1) is 16.9 Å². The molecule has 3 aromatic heterocycles. The highest BCUT2D eigenvalue weighted by molar-refractivity contribution is 6.06. The topological polar surface area (TPSA) is 73.3 Å². The van der Waals surface area contributed by atoms with Gasteiger partial charge in [-0.2, -0.15) is 4.98 Å². The number of rotatable bonds is 7. The molecule has 0 atom stereocenters. The van der Waals surface area contributed by atoms with Crippen LogP contribution >= 0.6 is 0 Å². The second kappa shape index (κ2) is 13.0. The van der Waals surface area contributed by atoms with E-state index in [1.54, 1.807) is 6.07 Å². The van der Waals surface area contributed by atoms with E-state index >= 15 is 0 Å². The van der Waals surface area contributed by atoms with Crippen LogP contribution in [-0.4, -0.2) is 19.6 Å². The Kier molecular flexibility index (Phi) is 7.51. The van der Waals surface area contributed by atoms with Crippen LogP contribution in [-0.2, 0) is 0 Å². The fourth-order valence-corrected chi connectivity index (χ4v) is 7.25. The van der Waals surface area contributed by atoms with Gasteiger partial charge in [-0.1, -0.05) is 109 Å². The summed E-state index contributed by atoms with van der Waals surface area (Å²) in [5.41, 5.74) is 12.0. The highest BCUT2D eigenvalue weighted by atomic mass is 16.5. The molecule has 10 rings (SSSR count). The first-order chi connectivity index (χ1) is 26.7. The van der Waals surface area contributed by atoms with Crippen LogP contribution in [0.25, 0.3) is 83.3 Å². The monoisotopic (exact) mass is 697 g/mol. The zero-order chi connectivity index (χ0) is 36.0. The summed E-state index contributed by atoms with van der Waals surface area (Å²) in [5.74, 6) is 0.236. The van der Waals surface area contributed by atoms with Crippen molar-refractivity contribution >= 4 is 33.0 Å². The van der Waals surface area contributed by atoms with Crippen molar-refractivity contribution < 1.29 is 14.3 Å². The smallest absolute Gasteiger partial charge is 0.307 e. The molecule has 1 N–H and O–H groups in total. The number of imidazole rings is 1. The third kappa shape index (κ3) is 5.54. The van der Waals surface area contributed by atoms with E-state index in [9.17, 15) is 5.11 Å². The molecule has 0 unspecified atom stereocenters. The highest BCUT2D eigenvalue weighted by Gasteiger charge is 2.21. The number of aromatic hydroxyl groups is 1. The van der Waals surface area contributed by atoms with Crippen molar-refractivity contribution in [3.63, 3.8) is 0 Å². The van der Waals surface area contributed by atoms with Gasteiger partial charge in [-0.15, -0.1) is 0 Å². The highest BCUT2D eigenvalue weighted by Crippen LogP contribution is 2.42. The zero-order valence-corrected chi connectivity index (χ0v) is 28.9. The molecule has 0 saturated heterocycles. The van der Waals surface area contributed by atoms with Crippen molar-refractivity contribution in [3.8, 4) is 67.8 Å². The molecule has 0 aliphatic heterocycles. The van der Waals surface area contributed by atoms with Crippen LogP contribution in [0.5, 0.6) is 17.5 Å². The molecule has 3 heterocycles. The van der Waals surface area contributed by atoms with E-state index in [0.717, 1.165) is 77.7 Å². The van der Waals surface area contributed by atoms with E-state index < -0.39 is 0 Å². The van der Waals surface area contributed by atoms with Gasteiger partial charge in [-0.25, -0.2) is 0 Å². The van der Waals surface area contributed by atoms with Gasteiger partial charge in [-0.3, -0.25) is 9.55 Å². The number of furan rings is 1. The molecule has 54 heavy (non-hydrogen) atoms. The van der Waals surface area contributed by atoms with Gasteiger partial charge in [0.2, 0.25) is 0 Å². The van der Waals surface area contributed by atoms with Gasteiger partial charge in [-0.05, 0) is 88.5 Å². The molecule has 0 amide bonds. The lowest BCUT2D eigenvalue weighted by atomic mass is 9.93. The first-order valence-electron chi connectivity index (χ1n) is 17.8. The SMILES string of the molecule is Oc1cc2oc3ccccc3c2cc1Oc1nc2c(-c3cc(-c4ccccc4)cc(-c4cc(-c5ccccc5)ccn4)c3)cccc2n1-c1ccccc1. The Balaban J connectivity index is 1.16. The number of phenols is 1. The third-order valence-corrected chi connectivity index (χ3v) is 9.84. The maximum Gasteiger partial charge on any atom is 0.307 e. The van der Waals surface area contributed by atoms with Crippen LogP contribution < -0.4 is 4.74 Å². The first-order valence-corrected chi connectivity index (χ1v) is 17.8. The number of phenolic OH excluding ortho intramolecular Hbond substituents is 1. The molecule has 0 spiro atoms. The summed E-state index contributed by atoms with van der Waals surface area (Å²) in [6.07, 6.45) is 1.87. The number of benzene rings is 7. The molecule has 0 saturated carbocycles. The Hall–Kier alpha value is -7.44. The molecular weight excluding hydrogens is 667 g/mol. The first kappa shape index (κ1) is 31.3. The van der Waals surface area contributed by atoms with Crippen molar-refractivity contribution in [1.82, 2.24) is 14.5 Å². The van der Waals surface area contributed by atoms with Crippen molar-refractivity contribution in [3.05, 3.63) is 182 Å². The van der Waals surface area contributed by atoms with E-state index in [4.69, 9.17) is 19.1 Å². The zero-order valence-electron chi connectivity index (χ0n) is 28.9. The minimum atomic E-state index is -0.0427. The molecular formula is C48H31N3O3. The van der Waals surface area contributed by atoms with E-state index in [0.29, 0.717) is 11.6 Å². The van der Waals surface area contributed by atoms with Gasteiger partial charge >= 0.3 is 6.01 Å². The molecule has 6 heteroatoms. The Morgan fingerprint density at radius 3 is 2.00 bits per heavy atom. The van der Waals surface area contributed by atoms with Gasteiger partial charge in [0, 0.05) is 34.2 Å². The van der Waals surface area contributed by atoms with Crippen molar-refractivity contribution in [2.45, 2.75) is 0 Å². The number of hydrogen-bond acceptors (Lipinski definition) is 5. The summed E-state index contributed by atoms with van der Waals surface area (Å²) in [6.45, 7) is 0. The summed E-state index contributed by atoms with van der Waals surface area (Å²) < 4.78 is 14.6. The van der Waals surface area contributed by atoms with E-state index in [2.05, 4.69) is 78.9 Å². The van der Waals surface area contributed by atoms with Crippen LogP contribution in [0.3, 0.4) is 0 Å². The Morgan fingerprint density at radius 1 is 0.519 bits per heavy atom. The largest absolute Gasteiger partial charge is 0.504 e. The quantitative estimate of drug-likeness (QED) is 0.179. The number of hydrogen-bond donors (Lipinski definition) is 1. The van der Waals surface area contributed by atoms with E-state index in [-0.39, 0.29) is 11.5 Å². The number of pyridine rings is 1. The summed E-state index contributed by atoms with van der Waals surface area (Å²) >= 11 is 0. The number of fused-ring (bicyclic) bond motifs is 4. The summed E-state index contributed by atoms with van der Waals surface area (Å²) in [5, 5.41) is 13.0. The summed E-state index contributed by atoms with van der Waals surface area (Å²) in [6, 6.07) is 59.3. The summed E-state index contributed by atoms with van der Waals surface area (Å²) in [7, 11) is 0. The Morgan fingerprint density at radius 2 is 1.20 bits per heavy atom. The van der Waals surface area contributed by atoms with Gasteiger partial charge in [0.25, 0.3) is 0 Å². The number of ether oxygens (including phenoxy) is 1. The van der Waals surface area contributed by atoms with Crippen molar-refractivity contribution in [1.29, 1.82) is 0 Å². The van der Waals surface area contributed by atoms with Gasteiger partial charge < -0.3 is 14.3 Å². The lowest BCUT2D eigenvalue weighted by molar-refractivity contribution is 0.390. The van der Waals surface area contributed by atoms with E-state index in [1.807, 2.05) is 102 Å². The standard InChI is InChI=1S/C48H31N3O3/c52-43-30-45-40(39-19-10-11-22-44(39)53-45)29-46(43)54-48-50-47-38(20-12-21-42(47)51(48)37-17-8-3-9-18-37)35-25-34(32-15-6-2-7-16-32)26-36(27-35)41-28-33(23-24-49-41)31-13-4-1-5-14-31/h1-30,52H. The lowest BCUT2D eigenvalue weighted by Crippen LogP contribution is -1.98. The lowest BCUT2D eigenvalue weighted by Gasteiger charge is -2.12. The van der Waals surface area contributed by atoms with Crippen molar-refractivity contribution in [2.24, 2.45) is 0 Å². The maximum atomic E-state index is 11.2. The van der Waals surface area contributed by atoms with Crippen LogP contribution in [0, 0.1) is 0 Å². The fourth-order valence-electron chi connectivity index (χ4n) is 7.25. The number of aromatic nitrogens is 3. The maximum absolute atomic E-state index is 11.2. The molecule has 0 bridgehead atoms. The molecule has 0 fully saturated rings. The second-order valence-electron chi connectivity index (χ2n) is 13.2. The molecule has 0 aliphatic carbocycles. The predicted molar refractivity (Wildman–Crippen MR) is 216 cm³/mol. The normalized spacial score (nSPS) is 11.4. The minimum absolute atomic E-state index is 0.0427. The van der Waals surface area contributed by atoms with Crippen LogP contribution in [0.1, 0.15) is 0 Å². The molecule has 6 nitrogen and oxygen atoms in total. The van der Waals surface area contributed by atoms with Crippen LogP contribution in [0.2, 0.25) is 0 Å². The van der Waals surface area contributed by atoms with Gasteiger partial charge in [0.1, 0.15) is 16.7 Å². The van der Waals surface area contributed by atoms with Crippen LogP contribution in [0.15, 0.2) is 187 Å². The predicted octanol–water partition coefficient (Wildman–Crippen LogP) is 12.5. The van der Waals surface area contributed by atoms with Crippen molar-refractivity contribution in [2.75, 3.05) is 0 Å². The molecule has 10 aromatic rings.